The van der Waals surface area contributed by atoms with Crippen LogP contribution in [0.3, 0.4) is 0 Å². The number of hydrogen-bond donors (Lipinski definition) is 1. The zero-order chi connectivity index (χ0) is 26.3. The molecule has 2 atom stereocenters. The van der Waals surface area contributed by atoms with Crippen molar-refractivity contribution in [3.63, 3.8) is 0 Å². The molecule has 4 aliphatic rings. The minimum absolute atomic E-state index is 0.0521. The summed E-state index contributed by atoms with van der Waals surface area (Å²) in [7, 11) is -8.90. The van der Waals surface area contributed by atoms with Crippen LogP contribution in [0.2, 0.25) is 20.1 Å². The van der Waals surface area contributed by atoms with Crippen LogP contribution >= 0.6 is 46.4 Å². The van der Waals surface area contributed by atoms with Gasteiger partial charge in [-0.05, 0) is 84.7 Å². The van der Waals surface area contributed by atoms with Crippen LogP contribution in [0.4, 0.5) is 0 Å². The van der Waals surface area contributed by atoms with Crippen molar-refractivity contribution in [2.45, 2.75) is 50.6 Å². The van der Waals surface area contributed by atoms with Crippen molar-refractivity contribution in [3.05, 3.63) is 66.6 Å². The second kappa shape index (κ2) is 9.49. The lowest BCUT2D eigenvalue weighted by atomic mass is 9.91. The molecule has 200 valence electrons. The normalized spacial score (nSPS) is 25.1. The molecular formula is C24H25Cl4N3O4S2. The Labute approximate surface area is 237 Å². The minimum Gasteiger partial charge on any atom is -0.194 e. The van der Waals surface area contributed by atoms with E-state index in [-0.39, 0.29) is 24.9 Å². The van der Waals surface area contributed by atoms with E-state index in [1.807, 2.05) is 12.1 Å². The summed E-state index contributed by atoms with van der Waals surface area (Å²) in [5.41, 5.74) is 3.23. The summed E-state index contributed by atoms with van der Waals surface area (Å²) < 4.78 is 59.5. The van der Waals surface area contributed by atoms with Crippen molar-refractivity contribution in [2.24, 2.45) is 11.8 Å². The quantitative estimate of drug-likeness (QED) is 0.447. The molecule has 7 nitrogen and oxygen atoms in total. The second-order valence-electron chi connectivity index (χ2n) is 10.2. The zero-order valence-corrected chi connectivity index (χ0v) is 24.3. The monoisotopic (exact) mass is 623 g/mol. The summed E-state index contributed by atoms with van der Waals surface area (Å²) >= 11 is 25.7. The third-order valence-electron chi connectivity index (χ3n) is 7.83. The number of fused-ring (bicyclic) bond motifs is 2. The van der Waals surface area contributed by atoms with Crippen molar-refractivity contribution < 1.29 is 16.8 Å². The molecule has 0 spiro atoms. The number of benzene rings is 2. The van der Waals surface area contributed by atoms with E-state index in [1.165, 1.54) is 8.61 Å². The van der Waals surface area contributed by atoms with Crippen molar-refractivity contribution >= 4 is 66.8 Å². The molecule has 13 heteroatoms. The highest BCUT2D eigenvalue weighted by Crippen LogP contribution is 2.53. The molecule has 0 saturated heterocycles. The maximum atomic E-state index is 13.7. The molecule has 2 aliphatic heterocycles. The van der Waals surface area contributed by atoms with E-state index >= 15 is 0 Å². The van der Waals surface area contributed by atoms with E-state index in [0.29, 0.717) is 44.1 Å². The van der Waals surface area contributed by atoms with Crippen molar-refractivity contribution in [1.29, 1.82) is 0 Å². The number of hydrogen-bond acceptors (Lipinski definition) is 4. The third-order valence-corrected chi connectivity index (χ3v) is 13.2. The van der Waals surface area contributed by atoms with Gasteiger partial charge < -0.3 is 0 Å². The van der Waals surface area contributed by atoms with Crippen LogP contribution in [0.25, 0.3) is 0 Å². The summed E-state index contributed by atoms with van der Waals surface area (Å²) in [5, 5.41) is 1.35. The summed E-state index contributed by atoms with van der Waals surface area (Å²) in [6, 6.07) is 6.02. The van der Waals surface area contributed by atoms with Crippen LogP contribution in [-0.2, 0) is 33.3 Å². The topological polar surface area (TPSA) is 86.8 Å². The van der Waals surface area contributed by atoms with Crippen LogP contribution in [0.5, 0.6) is 0 Å². The lowest BCUT2D eigenvalue weighted by Crippen LogP contribution is -2.54. The van der Waals surface area contributed by atoms with E-state index in [2.05, 4.69) is 4.13 Å². The SMILES string of the molecule is O=S(=O)(NS(=O)(=O)N1CCc2ccc(Cl)c(Cl)c2C1C1CC1)N1CCc2ccc(Cl)c(Cl)c2C1C1CC1. The van der Waals surface area contributed by atoms with E-state index in [4.69, 9.17) is 46.4 Å². The van der Waals surface area contributed by atoms with Gasteiger partial charge in [0.25, 0.3) is 20.4 Å². The molecule has 0 bridgehead atoms. The third kappa shape index (κ3) is 4.72. The lowest BCUT2D eigenvalue weighted by Gasteiger charge is -2.39. The zero-order valence-electron chi connectivity index (χ0n) is 19.6. The van der Waals surface area contributed by atoms with E-state index in [1.54, 1.807) is 12.1 Å². The highest BCUT2D eigenvalue weighted by Gasteiger charge is 2.50. The molecule has 2 heterocycles. The van der Waals surface area contributed by atoms with Gasteiger partial charge in [0.15, 0.2) is 0 Å². The maximum Gasteiger partial charge on any atom is 0.294 e. The molecule has 37 heavy (non-hydrogen) atoms. The van der Waals surface area contributed by atoms with Crippen LogP contribution in [0.1, 0.15) is 60.0 Å². The van der Waals surface area contributed by atoms with E-state index in [9.17, 15) is 16.8 Å². The average molecular weight is 625 g/mol. The molecule has 2 saturated carbocycles. The molecule has 1 N–H and O–H groups in total. The molecule has 0 radical (unpaired) electrons. The largest absolute Gasteiger partial charge is 0.294 e. The predicted molar refractivity (Wildman–Crippen MR) is 146 cm³/mol. The highest BCUT2D eigenvalue weighted by atomic mass is 35.5. The molecule has 0 amide bonds. The summed E-state index contributed by atoms with van der Waals surface area (Å²) in [6.45, 7) is 0.292. The maximum absolute atomic E-state index is 13.7. The number of nitrogens with one attached hydrogen (secondary N) is 1. The minimum atomic E-state index is -4.45. The first-order valence-electron chi connectivity index (χ1n) is 12.3. The number of halogens is 4. The summed E-state index contributed by atoms with van der Waals surface area (Å²) in [4.78, 5) is 0. The summed E-state index contributed by atoms with van der Waals surface area (Å²) in [6.07, 6.45) is 4.14. The Morgan fingerprint density at radius 2 is 1.03 bits per heavy atom. The Hall–Kier alpha value is -0.620. The first-order valence-corrected chi connectivity index (χ1v) is 16.6. The molecule has 2 aromatic rings. The van der Waals surface area contributed by atoms with Gasteiger partial charge in [-0.1, -0.05) is 62.7 Å². The fourth-order valence-electron chi connectivity index (χ4n) is 5.85. The van der Waals surface area contributed by atoms with Gasteiger partial charge in [0.1, 0.15) is 0 Å². The second-order valence-corrected chi connectivity index (χ2v) is 15.3. The molecule has 2 fully saturated rings. The van der Waals surface area contributed by atoms with E-state index in [0.717, 1.165) is 36.8 Å². The Bertz CT molecular complexity index is 1380. The smallest absolute Gasteiger partial charge is 0.194 e. The first-order chi connectivity index (χ1) is 17.5. The van der Waals surface area contributed by atoms with Crippen molar-refractivity contribution in [3.8, 4) is 0 Å². The highest BCUT2D eigenvalue weighted by molar-refractivity contribution is 8.02. The van der Waals surface area contributed by atoms with Crippen LogP contribution in [-0.4, -0.2) is 38.5 Å². The Balaban J connectivity index is 1.34. The molecule has 2 unspecified atom stereocenters. The Morgan fingerprint density at radius 1 is 0.649 bits per heavy atom. The predicted octanol–water partition coefficient (Wildman–Crippen LogP) is 5.70. The Morgan fingerprint density at radius 3 is 1.38 bits per heavy atom. The van der Waals surface area contributed by atoms with Crippen LogP contribution < -0.4 is 4.13 Å². The summed E-state index contributed by atoms with van der Waals surface area (Å²) in [5.74, 6) is 0.104. The molecular weight excluding hydrogens is 600 g/mol. The van der Waals surface area contributed by atoms with E-state index < -0.39 is 32.5 Å². The van der Waals surface area contributed by atoms with Gasteiger partial charge in [-0.2, -0.15) is 25.4 Å². The van der Waals surface area contributed by atoms with Crippen LogP contribution in [0, 0.1) is 11.8 Å². The van der Waals surface area contributed by atoms with Gasteiger partial charge in [0.2, 0.25) is 0 Å². The van der Waals surface area contributed by atoms with Gasteiger partial charge in [0.05, 0.1) is 32.2 Å². The lowest BCUT2D eigenvalue weighted by molar-refractivity contribution is 0.270. The fourth-order valence-corrected chi connectivity index (χ4v) is 10.4. The number of rotatable bonds is 6. The van der Waals surface area contributed by atoms with Crippen molar-refractivity contribution in [1.82, 2.24) is 12.7 Å². The van der Waals surface area contributed by atoms with Gasteiger partial charge in [-0.3, -0.25) is 0 Å². The molecule has 2 aliphatic carbocycles. The van der Waals surface area contributed by atoms with Gasteiger partial charge in [-0.25, -0.2) is 0 Å². The molecule has 0 aromatic heterocycles. The standard InChI is InChI=1S/C24H25Cl4N3O4S2/c25-17-7-5-13-9-11-30(23(15-1-2-15)19(13)21(17)27)36(32,33)29-37(34,35)31-12-10-14-6-8-18(26)22(28)20(14)24(31)16-3-4-16/h5-8,15-16,23-24,29H,1-4,9-12H2. The van der Waals surface area contributed by atoms with Crippen molar-refractivity contribution in [2.75, 3.05) is 13.1 Å². The van der Waals surface area contributed by atoms with Crippen LogP contribution in [0.15, 0.2) is 24.3 Å². The Kier molecular flexibility index (Phi) is 6.82. The first kappa shape index (κ1) is 26.6. The molecule has 2 aromatic carbocycles. The average Bonchev–Trinajstić information content (AvgIpc) is 3.75. The molecule has 6 rings (SSSR count). The fraction of sp³-hybridized carbons (Fsp3) is 0.500. The number of nitrogens with zero attached hydrogens (tertiary/aromatic N) is 2. The van der Waals surface area contributed by atoms with Gasteiger partial charge in [-0.15, -0.1) is 0 Å². The van der Waals surface area contributed by atoms with Gasteiger partial charge in [0, 0.05) is 13.1 Å². The van der Waals surface area contributed by atoms with Gasteiger partial charge >= 0.3 is 0 Å².